The topological polar surface area (TPSA) is 50.4 Å². The first-order valence-electron chi connectivity index (χ1n) is 6.34. The Morgan fingerprint density at radius 1 is 1.48 bits per heavy atom. The number of benzene rings is 1. The first-order valence-corrected chi connectivity index (χ1v) is 7.55. The summed E-state index contributed by atoms with van der Waals surface area (Å²) >= 11 is 8.58. The maximum atomic E-state index is 12.3. The first kappa shape index (κ1) is 15.7. The number of hydrogen-bond donors (Lipinski definition) is 2. The van der Waals surface area contributed by atoms with Crippen LogP contribution in [-0.4, -0.2) is 17.7 Å². The van der Waals surface area contributed by atoms with Crippen LogP contribution in [-0.2, 0) is 9.53 Å². The van der Waals surface area contributed by atoms with E-state index in [1.165, 1.54) is 6.08 Å². The van der Waals surface area contributed by atoms with Gasteiger partial charge < -0.3 is 15.4 Å². The van der Waals surface area contributed by atoms with E-state index < -0.39 is 0 Å². The molecule has 1 aliphatic heterocycles. The summed E-state index contributed by atoms with van der Waals surface area (Å²) in [6, 6.07) is 7.38. The smallest absolute Gasteiger partial charge is 0.338 e. The van der Waals surface area contributed by atoms with Crippen molar-refractivity contribution >= 4 is 39.2 Å². The fourth-order valence-corrected chi connectivity index (χ4v) is 2.62. The number of hydrogen-bond acceptors (Lipinski definition) is 3. The van der Waals surface area contributed by atoms with Crippen LogP contribution in [0.3, 0.4) is 0 Å². The van der Waals surface area contributed by atoms with Crippen LogP contribution in [0.4, 0.5) is 0 Å². The molecule has 0 radical (unpaired) electrons. The van der Waals surface area contributed by atoms with Gasteiger partial charge in [0.1, 0.15) is 6.61 Å². The Morgan fingerprint density at radius 2 is 2.14 bits per heavy atom. The predicted octanol–water partition coefficient (Wildman–Crippen LogP) is 2.97. The Labute approximate surface area is 137 Å². The largest absolute Gasteiger partial charge is 0.458 e. The fraction of sp³-hybridized carbons (Fsp3) is 0.200. The highest BCUT2D eigenvalue weighted by Gasteiger charge is 2.30. The third-order valence-corrected chi connectivity index (χ3v) is 3.77. The SMILES string of the molecule is C=CCOC(=O)C1=C(C)NC(=S)N[C@H]1c1ccc(Br)cc1. The second kappa shape index (κ2) is 6.87. The molecule has 1 aromatic rings. The van der Waals surface area contributed by atoms with Gasteiger partial charge in [-0.2, -0.15) is 0 Å². The van der Waals surface area contributed by atoms with Crippen LogP contribution in [0.5, 0.6) is 0 Å². The average Bonchev–Trinajstić information content (AvgIpc) is 2.44. The third-order valence-electron chi connectivity index (χ3n) is 3.02. The molecule has 1 atom stereocenters. The Balaban J connectivity index is 2.37. The number of nitrogens with one attached hydrogen (secondary N) is 2. The van der Waals surface area contributed by atoms with E-state index in [4.69, 9.17) is 17.0 Å². The highest BCUT2D eigenvalue weighted by atomic mass is 79.9. The van der Waals surface area contributed by atoms with Gasteiger partial charge >= 0.3 is 5.97 Å². The maximum Gasteiger partial charge on any atom is 0.338 e. The van der Waals surface area contributed by atoms with Crippen molar-refractivity contribution in [1.82, 2.24) is 10.6 Å². The molecule has 4 nitrogen and oxygen atoms in total. The molecule has 0 aliphatic carbocycles. The maximum absolute atomic E-state index is 12.3. The van der Waals surface area contributed by atoms with Crippen molar-refractivity contribution in [1.29, 1.82) is 0 Å². The van der Waals surface area contributed by atoms with Gasteiger partial charge in [-0.3, -0.25) is 0 Å². The zero-order valence-corrected chi connectivity index (χ0v) is 13.9. The number of allylic oxidation sites excluding steroid dienone is 1. The minimum atomic E-state index is -0.386. The Kier molecular flexibility index (Phi) is 5.14. The molecule has 0 saturated heterocycles. The van der Waals surface area contributed by atoms with Gasteiger partial charge in [0.05, 0.1) is 11.6 Å². The summed E-state index contributed by atoms with van der Waals surface area (Å²) < 4.78 is 6.14. The van der Waals surface area contributed by atoms with Gasteiger partial charge in [-0.1, -0.05) is 40.7 Å². The third kappa shape index (κ3) is 3.71. The number of halogens is 1. The van der Waals surface area contributed by atoms with Gasteiger partial charge in [0.15, 0.2) is 5.11 Å². The van der Waals surface area contributed by atoms with Gasteiger partial charge in [-0.05, 0) is 36.8 Å². The quantitative estimate of drug-likeness (QED) is 0.487. The minimum absolute atomic E-state index is 0.174. The molecule has 0 fully saturated rings. The Bertz CT molecular complexity index is 611. The molecular weight excluding hydrogens is 352 g/mol. The molecule has 0 unspecified atom stereocenters. The first-order chi connectivity index (χ1) is 10.0. The van der Waals surface area contributed by atoms with Gasteiger partial charge in [-0.25, -0.2) is 4.79 Å². The molecule has 0 bridgehead atoms. The lowest BCUT2D eigenvalue weighted by molar-refractivity contribution is -0.138. The van der Waals surface area contributed by atoms with Crippen LogP contribution in [0.15, 0.2) is 52.7 Å². The molecular formula is C15H15BrN2O2S. The zero-order valence-electron chi connectivity index (χ0n) is 11.5. The van der Waals surface area contributed by atoms with E-state index in [0.717, 1.165) is 10.0 Å². The Morgan fingerprint density at radius 3 is 2.76 bits per heavy atom. The van der Waals surface area contributed by atoms with E-state index in [9.17, 15) is 4.79 Å². The normalized spacial score (nSPS) is 17.8. The van der Waals surface area contributed by atoms with E-state index >= 15 is 0 Å². The zero-order chi connectivity index (χ0) is 15.4. The summed E-state index contributed by atoms with van der Waals surface area (Å²) in [7, 11) is 0. The predicted molar refractivity (Wildman–Crippen MR) is 89.6 cm³/mol. The lowest BCUT2D eigenvalue weighted by Gasteiger charge is -2.29. The molecule has 1 aliphatic rings. The molecule has 0 saturated carbocycles. The summed E-state index contributed by atoms with van der Waals surface area (Å²) in [4.78, 5) is 12.3. The molecule has 21 heavy (non-hydrogen) atoms. The highest BCUT2D eigenvalue weighted by molar-refractivity contribution is 9.10. The summed E-state index contributed by atoms with van der Waals surface area (Å²) in [5.74, 6) is -0.386. The number of thiocarbonyl (C=S) groups is 1. The highest BCUT2D eigenvalue weighted by Crippen LogP contribution is 2.28. The second-order valence-corrected chi connectivity index (χ2v) is 5.83. The van der Waals surface area contributed by atoms with Crippen LogP contribution in [0.2, 0.25) is 0 Å². The minimum Gasteiger partial charge on any atom is -0.458 e. The van der Waals surface area contributed by atoms with E-state index in [0.29, 0.717) is 16.4 Å². The van der Waals surface area contributed by atoms with E-state index in [-0.39, 0.29) is 18.6 Å². The number of esters is 1. The summed E-state index contributed by atoms with van der Waals surface area (Å²) in [5, 5.41) is 6.56. The molecule has 6 heteroatoms. The van der Waals surface area contributed by atoms with Crippen molar-refractivity contribution < 1.29 is 9.53 Å². The molecule has 2 N–H and O–H groups in total. The fourth-order valence-electron chi connectivity index (χ4n) is 2.08. The van der Waals surface area contributed by atoms with E-state index in [1.807, 2.05) is 31.2 Å². The van der Waals surface area contributed by atoms with Crippen molar-refractivity contribution in [3.05, 3.63) is 58.2 Å². The summed E-state index contributed by atoms with van der Waals surface area (Å²) in [6.07, 6.45) is 1.54. The van der Waals surface area contributed by atoms with Gasteiger partial charge in [0.2, 0.25) is 0 Å². The van der Waals surface area contributed by atoms with E-state index in [2.05, 4.69) is 33.1 Å². The van der Waals surface area contributed by atoms with Crippen molar-refractivity contribution in [2.24, 2.45) is 0 Å². The molecule has 2 rings (SSSR count). The standard InChI is InChI=1S/C15H15BrN2O2S/c1-3-8-20-14(19)12-9(2)17-15(21)18-13(12)10-4-6-11(16)7-5-10/h3-7,13H,1,8H2,2H3,(H2,17,18,21)/t13-/m0/s1. The molecule has 0 amide bonds. The van der Waals surface area contributed by atoms with Crippen molar-refractivity contribution in [3.8, 4) is 0 Å². The number of rotatable bonds is 4. The van der Waals surface area contributed by atoms with Crippen LogP contribution in [0, 0.1) is 0 Å². The van der Waals surface area contributed by atoms with Crippen LogP contribution >= 0.6 is 28.1 Å². The molecule has 0 spiro atoms. The second-order valence-electron chi connectivity index (χ2n) is 4.51. The number of carbonyl (C=O) groups is 1. The average molecular weight is 367 g/mol. The van der Waals surface area contributed by atoms with E-state index in [1.54, 1.807) is 0 Å². The van der Waals surface area contributed by atoms with Crippen molar-refractivity contribution in [3.63, 3.8) is 0 Å². The number of carbonyl (C=O) groups excluding carboxylic acids is 1. The van der Waals surface area contributed by atoms with Crippen molar-refractivity contribution in [2.75, 3.05) is 6.61 Å². The van der Waals surface area contributed by atoms with Crippen LogP contribution < -0.4 is 10.6 Å². The molecule has 1 heterocycles. The molecule has 1 aromatic carbocycles. The Hall–Kier alpha value is -1.66. The lowest BCUT2D eigenvalue weighted by atomic mass is 9.96. The number of ether oxygens (including phenoxy) is 1. The molecule has 0 aromatic heterocycles. The van der Waals surface area contributed by atoms with Crippen molar-refractivity contribution in [2.45, 2.75) is 13.0 Å². The lowest BCUT2D eigenvalue weighted by Crippen LogP contribution is -2.45. The van der Waals surface area contributed by atoms with Gasteiger partial charge in [-0.15, -0.1) is 0 Å². The van der Waals surface area contributed by atoms with Crippen LogP contribution in [0.1, 0.15) is 18.5 Å². The molecule has 110 valence electrons. The summed E-state index contributed by atoms with van der Waals surface area (Å²) in [6.45, 7) is 5.53. The monoisotopic (exact) mass is 366 g/mol. The summed E-state index contributed by atoms with van der Waals surface area (Å²) in [5.41, 5.74) is 2.15. The van der Waals surface area contributed by atoms with Gasteiger partial charge in [0, 0.05) is 10.2 Å². The van der Waals surface area contributed by atoms with Gasteiger partial charge in [0.25, 0.3) is 0 Å². The van der Waals surface area contributed by atoms with Crippen LogP contribution in [0.25, 0.3) is 0 Å².